The Bertz CT molecular complexity index is 776. The number of hydrogen-bond donors (Lipinski definition) is 3. The van der Waals surface area contributed by atoms with Crippen molar-refractivity contribution in [1.29, 1.82) is 0 Å². The van der Waals surface area contributed by atoms with Crippen molar-refractivity contribution in [3.63, 3.8) is 0 Å². The quantitative estimate of drug-likeness (QED) is 0.336. The van der Waals surface area contributed by atoms with Crippen molar-refractivity contribution in [2.75, 3.05) is 13.1 Å². The van der Waals surface area contributed by atoms with Gasteiger partial charge in [-0.3, -0.25) is 9.59 Å². The highest BCUT2D eigenvalue weighted by Gasteiger charge is 2.32. The van der Waals surface area contributed by atoms with E-state index in [1.165, 1.54) is 0 Å². The molecular weight excluding hydrogens is 410 g/mol. The highest BCUT2D eigenvalue weighted by Crippen LogP contribution is 2.24. The fourth-order valence-electron chi connectivity index (χ4n) is 4.06. The first-order chi connectivity index (χ1) is 16.0. The Labute approximate surface area is 199 Å². The fraction of sp³-hybridized carbons (Fsp3) is 0.500. The van der Waals surface area contributed by atoms with E-state index in [9.17, 15) is 9.59 Å². The van der Waals surface area contributed by atoms with E-state index in [4.69, 9.17) is 5.73 Å². The maximum atomic E-state index is 13.0. The number of unbranched alkanes of at least 4 members (excludes halogenated alkanes) is 3. The number of hydrogen-bond acceptors (Lipinski definition) is 3. The van der Waals surface area contributed by atoms with Crippen LogP contribution in [-0.2, 0) is 9.59 Å². The van der Waals surface area contributed by atoms with Crippen LogP contribution in [0.4, 0.5) is 0 Å². The van der Waals surface area contributed by atoms with Gasteiger partial charge in [-0.25, -0.2) is 0 Å². The number of nitrogens with one attached hydrogen (secondary N) is 2. The number of rotatable bonds is 15. The Morgan fingerprint density at radius 1 is 0.758 bits per heavy atom. The smallest absolute Gasteiger partial charge is 0.240 e. The Balaban J connectivity index is 1.81. The number of carbonyl (C=O) groups excluding carboxylic acids is 2. The summed E-state index contributed by atoms with van der Waals surface area (Å²) in [6, 6.07) is 19.7. The van der Waals surface area contributed by atoms with Crippen LogP contribution in [-0.4, -0.2) is 30.4 Å². The lowest BCUT2D eigenvalue weighted by Gasteiger charge is -2.28. The van der Waals surface area contributed by atoms with Gasteiger partial charge in [0.2, 0.25) is 11.8 Å². The third-order valence-electron chi connectivity index (χ3n) is 6.12. The van der Waals surface area contributed by atoms with E-state index in [2.05, 4.69) is 24.5 Å². The van der Waals surface area contributed by atoms with E-state index in [1.54, 1.807) is 0 Å². The normalized spacial score (nSPS) is 11.4. The van der Waals surface area contributed by atoms with Gasteiger partial charge in [0.15, 0.2) is 0 Å². The van der Waals surface area contributed by atoms with E-state index in [1.807, 2.05) is 60.7 Å². The van der Waals surface area contributed by atoms with Gasteiger partial charge in [0.1, 0.15) is 0 Å². The van der Waals surface area contributed by atoms with Crippen molar-refractivity contribution in [1.82, 2.24) is 10.6 Å². The van der Waals surface area contributed by atoms with Crippen LogP contribution in [0.15, 0.2) is 60.7 Å². The zero-order chi connectivity index (χ0) is 23.9. The second kappa shape index (κ2) is 14.5. The number of amides is 2. The van der Waals surface area contributed by atoms with Gasteiger partial charge in [-0.05, 0) is 36.8 Å². The molecule has 0 fully saturated rings. The van der Waals surface area contributed by atoms with E-state index in [-0.39, 0.29) is 17.7 Å². The van der Waals surface area contributed by atoms with E-state index in [0.717, 1.165) is 62.5 Å². The van der Waals surface area contributed by atoms with Gasteiger partial charge in [0.25, 0.3) is 0 Å². The average Bonchev–Trinajstić information content (AvgIpc) is 2.85. The molecule has 5 heteroatoms. The molecule has 0 saturated carbocycles. The Morgan fingerprint density at radius 3 is 1.67 bits per heavy atom. The van der Waals surface area contributed by atoms with Crippen molar-refractivity contribution in [3.8, 4) is 0 Å². The number of benzene rings is 2. The Kier molecular flexibility index (Phi) is 11.7. The highest BCUT2D eigenvalue weighted by molar-refractivity contribution is 5.87. The largest absolute Gasteiger partial charge is 0.355 e. The summed E-state index contributed by atoms with van der Waals surface area (Å²) in [5.41, 5.74) is 7.66. The van der Waals surface area contributed by atoms with Gasteiger partial charge in [0.05, 0.1) is 11.5 Å². The van der Waals surface area contributed by atoms with Crippen molar-refractivity contribution in [2.24, 2.45) is 5.73 Å². The summed E-state index contributed by atoms with van der Waals surface area (Å²) in [7, 11) is 0. The van der Waals surface area contributed by atoms with Gasteiger partial charge in [-0.2, -0.15) is 0 Å². The number of carbonyl (C=O) groups is 2. The molecule has 4 N–H and O–H groups in total. The molecule has 0 radical (unpaired) electrons. The maximum Gasteiger partial charge on any atom is 0.240 e. The Hall–Kier alpha value is -2.66. The third-order valence-corrected chi connectivity index (χ3v) is 6.12. The molecule has 0 aliphatic carbocycles. The van der Waals surface area contributed by atoms with Crippen LogP contribution in [0.25, 0.3) is 0 Å². The summed E-state index contributed by atoms with van der Waals surface area (Å²) < 4.78 is 0. The standard InChI is InChI=1S/C28H41N3O2/c1-3-5-19-28(29,20-6-4-2)27(33)31-22-14-13-21-30-26(32)25(23-15-9-7-10-16-23)24-17-11-8-12-18-24/h7-12,15-18,25H,3-6,13-14,19-22,29H2,1-2H3,(H,30,32)(H,31,33). The van der Waals surface area contributed by atoms with Gasteiger partial charge < -0.3 is 16.4 Å². The van der Waals surface area contributed by atoms with Crippen molar-refractivity contribution < 1.29 is 9.59 Å². The average molecular weight is 452 g/mol. The first-order valence-electron chi connectivity index (χ1n) is 12.5. The van der Waals surface area contributed by atoms with Crippen molar-refractivity contribution in [3.05, 3.63) is 71.8 Å². The summed E-state index contributed by atoms with van der Waals surface area (Å²) in [6.45, 7) is 5.39. The molecule has 0 spiro atoms. The van der Waals surface area contributed by atoms with Crippen LogP contribution in [0.5, 0.6) is 0 Å². The minimum absolute atomic E-state index is 0.00320. The fourth-order valence-corrected chi connectivity index (χ4v) is 4.06. The SMILES string of the molecule is CCCCC(N)(CCCC)C(=O)NCCCCNC(=O)C(c1ccccc1)c1ccccc1. The number of nitrogens with two attached hydrogens (primary N) is 1. The first-order valence-corrected chi connectivity index (χ1v) is 12.5. The molecule has 2 aromatic carbocycles. The van der Waals surface area contributed by atoms with E-state index in [0.29, 0.717) is 13.1 Å². The molecule has 0 saturated heterocycles. The topological polar surface area (TPSA) is 84.2 Å². The summed E-state index contributed by atoms with van der Waals surface area (Å²) in [5.74, 6) is -0.375. The zero-order valence-electron chi connectivity index (χ0n) is 20.3. The molecule has 0 aromatic heterocycles. The minimum atomic E-state index is -0.765. The van der Waals surface area contributed by atoms with Crippen molar-refractivity contribution >= 4 is 11.8 Å². The lowest BCUT2D eigenvalue weighted by atomic mass is 9.87. The van der Waals surface area contributed by atoms with Crippen LogP contribution in [0.3, 0.4) is 0 Å². The summed E-state index contributed by atoms with van der Waals surface area (Å²) >= 11 is 0. The molecule has 0 aliphatic heterocycles. The van der Waals surface area contributed by atoms with Crippen LogP contribution in [0.2, 0.25) is 0 Å². The predicted molar refractivity (Wildman–Crippen MR) is 136 cm³/mol. The molecule has 5 nitrogen and oxygen atoms in total. The molecule has 0 unspecified atom stereocenters. The highest BCUT2D eigenvalue weighted by atomic mass is 16.2. The maximum absolute atomic E-state index is 13.0. The van der Waals surface area contributed by atoms with Crippen LogP contribution in [0.1, 0.15) is 82.3 Å². The van der Waals surface area contributed by atoms with Gasteiger partial charge in [0, 0.05) is 13.1 Å². The minimum Gasteiger partial charge on any atom is -0.355 e. The Morgan fingerprint density at radius 2 is 1.21 bits per heavy atom. The molecule has 0 heterocycles. The second-order valence-electron chi connectivity index (χ2n) is 8.87. The van der Waals surface area contributed by atoms with Crippen LogP contribution < -0.4 is 16.4 Å². The molecule has 180 valence electrons. The van der Waals surface area contributed by atoms with Crippen LogP contribution >= 0.6 is 0 Å². The molecule has 2 amide bonds. The monoisotopic (exact) mass is 451 g/mol. The predicted octanol–water partition coefficient (Wildman–Crippen LogP) is 4.91. The summed E-state index contributed by atoms with van der Waals surface area (Å²) in [6.07, 6.45) is 7.04. The van der Waals surface area contributed by atoms with E-state index >= 15 is 0 Å². The molecule has 33 heavy (non-hydrogen) atoms. The zero-order valence-corrected chi connectivity index (χ0v) is 20.3. The second-order valence-corrected chi connectivity index (χ2v) is 8.87. The molecule has 0 bridgehead atoms. The molecule has 2 aromatic rings. The van der Waals surface area contributed by atoms with E-state index < -0.39 is 5.54 Å². The van der Waals surface area contributed by atoms with Gasteiger partial charge in [-0.1, -0.05) is 100 Å². The third kappa shape index (κ3) is 8.65. The molecular formula is C28H41N3O2. The molecule has 0 atom stereocenters. The molecule has 2 rings (SSSR count). The van der Waals surface area contributed by atoms with Gasteiger partial charge >= 0.3 is 0 Å². The lowest BCUT2D eigenvalue weighted by molar-refractivity contribution is -0.127. The van der Waals surface area contributed by atoms with Gasteiger partial charge in [-0.15, -0.1) is 0 Å². The summed E-state index contributed by atoms with van der Waals surface area (Å²) in [5, 5.41) is 6.10. The molecule has 0 aliphatic rings. The van der Waals surface area contributed by atoms with Crippen LogP contribution in [0, 0.1) is 0 Å². The van der Waals surface area contributed by atoms with Crippen molar-refractivity contribution in [2.45, 2.75) is 76.7 Å². The lowest BCUT2D eigenvalue weighted by Crippen LogP contribution is -2.54. The summed E-state index contributed by atoms with van der Waals surface area (Å²) in [4.78, 5) is 25.7. The first kappa shape index (κ1) is 26.6.